The van der Waals surface area contributed by atoms with E-state index in [1.165, 1.54) is 37.7 Å². The largest absolute Gasteiger partial charge is 0.501 e. The third kappa shape index (κ3) is 5.27. The Labute approximate surface area is 222 Å². The van der Waals surface area contributed by atoms with Crippen LogP contribution in [-0.2, 0) is 18.3 Å². The van der Waals surface area contributed by atoms with Gasteiger partial charge in [0, 0.05) is 37.3 Å². The zero-order valence-corrected chi connectivity index (χ0v) is 21.7. The molecule has 4 aromatic rings. The Morgan fingerprint density at radius 1 is 1.33 bits per heavy atom. The van der Waals surface area contributed by atoms with Gasteiger partial charge in [0.15, 0.2) is 5.69 Å². The molecule has 0 aliphatic rings. The van der Waals surface area contributed by atoms with Gasteiger partial charge in [-0.1, -0.05) is 12.1 Å². The van der Waals surface area contributed by atoms with Gasteiger partial charge in [0.25, 0.3) is 11.5 Å². The molecule has 0 spiro atoms. The number of amides is 1. The molecule has 3 heterocycles. The summed E-state index contributed by atoms with van der Waals surface area (Å²) in [5, 5.41) is 30.7. The molecule has 0 radical (unpaired) electrons. The normalized spacial score (nSPS) is 12.6. The number of hydrogen-bond donors (Lipinski definition) is 2. The summed E-state index contributed by atoms with van der Waals surface area (Å²) in [5.74, 6) is -3.53. The van der Waals surface area contributed by atoms with Crippen molar-refractivity contribution < 1.29 is 23.6 Å². The number of halogens is 1. The van der Waals surface area contributed by atoms with Crippen LogP contribution in [0.3, 0.4) is 0 Å². The van der Waals surface area contributed by atoms with E-state index in [0.717, 1.165) is 10.3 Å². The van der Waals surface area contributed by atoms with E-state index >= 15 is 0 Å². The van der Waals surface area contributed by atoms with Crippen LogP contribution < -0.4 is 10.9 Å². The molecule has 4 rings (SSSR count). The third-order valence-corrected chi connectivity index (χ3v) is 6.57. The van der Waals surface area contributed by atoms with E-state index in [1.54, 1.807) is 24.9 Å². The van der Waals surface area contributed by atoms with Gasteiger partial charge in [0.2, 0.25) is 5.75 Å². The van der Waals surface area contributed by atoms with Crippen LogP contribution in [0.2, 0.25) is 0 Å². The number of hydrogen-bond acceptors (Lipinski definition) is 9. The molecule has 0 saturated carbocycles. The minimum atomic E-state index is -0.856. The number of nitriles is 1. The van der Waals surface area contributed by atoms with E-state index in [4.69, 9.17) is 9.26 Å². The SMILES string of the molecule is COCCn1ncc([C@@H](c2cc(F)ccc2C#N)[C@H](C)c2nc(C(=O)Nc3cnoc3)c(O)c(=O)n2C)c1C. The minimum Gasteiger partial charge on any atom is -0.501 e. The number of anilines is 1. The lowest BCUT2D eigenvalue weighted by Gasteiger charge is -2.27. The van der Waals surface area contributed by atoms with Crippen molar-refractivity contribution in [3.63, 3.8) is 0 Å². The number of carbonyl (C=O) groups is 1. The number of carbonyl (C=O) groups excluding carboxylic acids is 1. The average Bonchev–Trinajstić information content (AvgIpc) is 3.56. The summed E-state index contributed by atoms with van der Waals surface area (Å²) < 4.78 is 27.2. The second kappa shape index (κ2) is 11.3. The lowest BCUT2D eigenvalue weighted by Crippen LogP contribution is -2.29. The molecule has 2 atom stereocenters. The zero-order valence-electron chi connectivity index (χ0n) is 21.7. The molecule has 0 bridgehead atoms. The van der Waals surface area contributed by atoms with Gasteiger partial charge >= 0.3 is 0 Å². The molecule has 202 valence electrons. The van der Waals surface area contributed by atoms with Crippen molar-refractivity contribution >= 4 is 11.6 Å². The number of methoxy groups -OCH3 is 1. The Balaban J connectivity index is 1.89. The van der Waals surface area contributed by atoms with Crippen molar-refractivity contribution in [2.45, 2.75) is 32.2 Å². The van der Waals surface area contributed by atoms with Crippen LogP contribution >= 0.6 is 0 Å². The number of rotatable bonds is 9. The molecule has 13 heteroatoms. The van der Waals surface area contributed by atoms with Gasteiger partial charge < -0.3 is 19.7 Å². The fourth-order valence-electron chi connectivity index (χ4n) is 4.55. The van der Waals surface area contributed by atoms with Crippen LogP contribution in [0.4, 0.5) is 10.1 Å². The van der Waals surface area contributed by atoms with Crippen LogP contribution in [0.5, 0.6) is 5.75 Å². The van der Waals surface area contributed by atoms with E-state index in [9.17, 15) is 24.3 Å². The first kappa shape index (κ1) is 27.2. The summed E-state index contributed by atoms with van der Waals surface area (Å²) in [7, 11) is 2.98. The second-order valence-electron chi connectivity index (χ2n) is 8.91. The van der Waals surface area contributed by atoms with Gasteiger partial charge in [-0.25, -0.2) is 9.37 Å². The number of ether oxygens (including phenoxy) is 1. The summed E-state index contributed by atoms with van der Waals surface area (Å²) in [5.41, 5.74) is 0.834. The molecular weight excluding hydrogens is 509 g/mol. The molecule has 12 nitrogen and oxygen atoms in total. The fourth-order valence-corrected chi connectivity index (χ4v) is 4.55. The highest BCUT2D eigenvalue weighted by atomic mass is 19.1. The smallest absolute Gasteiger partial charge is 0.296 e. The molecule has 0 fully saturated rings. The topological polar surface area (TPSA) is 161 Å². The van der Waals surface area contributed by atoms with Gasteiger partial charge in [0.1, 0.15) is 23.6 Å². The summed E-state index contributed by atoms with van der Waals surface area (Å²) in [6, 6.07) is 5.96. The zero-order chi connectivity index (χ0) is 28.3. The van der Waals surface area contributed by atoms with Crippen molar-refractivity contribution in [2.75, 3.05) is 19.0 Å². The summed E-state index contributed by atoms with van der Waals surface area (Å²) in [6.45, 7) is 4.44. The first-order valence-corrected chi connectivity index (χ1v) is 11.9. The van der Waals surface area contributed by atoms with E-state index < -0.39 is 40.6 Å². The van der Waals surface area contributed by atoms with Crippen molar-refractivity contribution in [2.24, 2.45) is 7.05 Å². The molecule has 0 saturated heterocycles. The molecule has 1 aromatic carbocycles. The molecule has 2 N–H and O–H groups in total. The quantitative estimate of drug-likeness (QED) is 0.328. The number of aromatic nitrogens is 5. The van der Waals surface area contributed by atoms with Gasteiger partial charge in [0.05, 0.1) is 37.2 Å². The third-order valence-electron chi connectivity index (χ3n) is 6.57. The first-order chi connectivity index (χ1) is 18.7. The fraction of sp³-hybridized carbons (Fsp3) is 0.308. The van der Waals surface area contributed by atoms with Crippen LogP contribution in [0.1, 0.15) is 57.5 Å². The molecule has 39 heavy (non-hydrogen) atoms. The van der Waals surface area contributed by atoms with E-state index in [1.807, 2.05) is 6.92 Å². The van der Waals surface area contributed by atoms with Crippen LogP contribution in [0.25, 0.3) is 0 Å². The Morgan fingerprint density at radius 3 is 2.77 bits per heavy atom. The average molecular weight is 536 g/mol. The van der Waals surface area contributed by atoms with Crippen molar-refractivity contribution in [3.05, 3.63) is 86.9 Å². The van der Waals surface area contributed by atoms with Gasteiger partial charge in [-0.2, -0.15) is 10.4 Å². The minimum absolute atomic E-state index is 0.121. The van der Waals surface area contributed by atoms with Crippen LogP contribution in [-0.4, -0.2) is 49.2 Å². The maximum atomic E-state index is 14.5. The maximum Gasteiger partial charge on any atom is 0.296 e. The molecular formula is C26H26FN7O5. The van der Waals surface area contributed by atoms with E-state index in [-0.39, 0.29) is 17.1 Å². The molecule has 3 aromatic heterocycles. The first-order valence-electron chi connectivity index (χ1n) is 11.9. The molecule has 0 aliphatic heterocycles. The number of nitrogens with one attached hydrogen (secondary N) is 1. The van der Waals surface area contributed by atoms with Gasteiger partial charge in [-0.15, -0.1) is 0 Å². The Morgan fingerprint density at radius 2 is 2.10 bits per heavy atom. The standard InChI is InChI=1S/C26H26FN7O5/c1-14(24-32-22(23(35)26(37)33(24)3)25(36)31-18-11-30-39-13-18)21(19-9-17(27)6-5-16(19)10-28)20-12-29-34(15(20)2)7-8-38-4/h5-6,9,11-14,21,35H,7-8H2,1-4H3,(H,31,36)/t14-,21+/m0/s1. The monoisotopic (exact) mass is 535 g/mol. The van der Waals surface area contributed by atoms with Crippen molar-refractivity contribution in [1.82, 2.24) is 24.5 Å². The number of aromatic hydroxyl groups is 1. The highest BCUT2D eigenvalue weighted by Crippen LogP contribution is 2.40. The highest BCUT2D eigenvalue weighted by Gasteiger charge is 2.33. The molecule has 1 amide bonds. The van der Waals surface area contributed by atoms with Crippen molar-refractivity contribution in [1.29, 1.82) is 5.26 Å². The van der Waals surface area contributed by atoms with E-state index in [2.05, 4.69) is 26.6 Å². The number of benzene rings is 1. The highest BCUT2D eigenvalue weighted by molar-refractivity contribution is 6.04. The van der Waals surface area contributed by atoms with Crippen LogP contribution in [0.15, 0.2) is 46.2 Å². The van der Waals surface area contributed by atoms with Gasteiger partial charge in [-0.3, -0.25) is 18.8 Å². The summed E-state index contributed by atoms with van der Waals surface area (Å²) >= 11 is 0. The Bertz CT molecular complexity index is 1600. The predicted molar refractivity (Wildman–Crippen MR) is 136 cm³/mol. The Hall–Kier alpha value is -4.83. The summed E-state index contributed by atoms with van der Waals surface area (Å²) in [6.07, 6.45) is 4.04. The van der Waals surface area contributed by atoms with E-state index in [0.29, 0.717) is 24.3 Å². The van der Waals surface area contributed by atoms with Crippen LogP contribution in [0, 0.1) is 24.1 Å². The maximum absolute atomic E-state index is 14.5. The molecule has 0 aliphatic carbocycles. The lowest BCUT2D eigenvalue weighted by molar-refractivity contribution is 0.101. The Kier molecular flexibility index (Phi) is 7.87. The predicted octanol–water partition coefficient (Wildman–Crippen LogP) is 2.82. The second-order valence-corrected chi connectivity index (χ2v) is 8.91. The van der Waals surface area contributed by atoms with Crippen molar-refractivity contribution in [3.8, 4) is 11.8 Å². The van der Waals surface area contributed by atoms with Gasteiger partial charge in [-0.05, 0) is 30.7 Å². The molecule has 0 unspecified atom stereocenters. The summed E-state index contributed by atoms with van der Waals surface area (Å²) in [4.78, 5) is 30.3. The lowest BCUT2D eigenvalue weighted by atomic mass is 9.79. The number of nitrogens with zero attached hydrogens (tertiary/aromatic N) is 6.